The lowest BCUT2D eigenvalue weighted by Gasteiger charge is -2.03. The zero-order valence-corrected chi connectivity index (χ0v) is 11.8. The van der Waals surface area contributed by atoms with Gasteiger partial charge in [-0.25, -0.2) is 9.79 Å². The molecule has 4 nitrogen and oxygen atoms in total. The number of carbonyl (C=O) groups is 1. The van der Waals surface area contributed by atoms with Crippen molar-refractivity contribution in [3.8, 4) is 0 Å². The van der Waals surface area contributed by atoms with Crippen LogP contribution in [0, 0.1) is 13.8 Å². The monoisotopic (exact) mass is 278 g/mol. The fourth-order valence-electron chi connectivity index (χ4n) is 2.03. The second-order valence-corrected chi connectivity index (χ2v) is 4.92. The maximum atomic E-state index is 11.9. The van der Waals surface area contributed by atoms with Crippen molar-refractivity contribution in [1.82, 2.24) is 4.98 Å². The topological polar surface area (TPSA) is 51.5 Å². The number of esters is 1. The van der Waals surface area contributed by atoms with E-state index in [1.165, 1.54) is 5.56 Å². The Hall–Kier alpha value is -2.75. The van der Waals surface area contributed by atoms with Crippen molar-refractivity contribution in [2.24, 2.45) is 4.99 Å². The van der Waals surface area contributed by atoms with Crippen molar-refractivity contribution in [3.63, 3.8) is 0 Å². The summed E-state index contributed by atoms with van der Waals surface area (Å²) in [4.78, 5) is 20.2. The number of aryl methyl sites for hydroxylation is 2. The van der Waals surface area contributed by atoms with Gasteiger partial charge in [0, 0.05) is 18.0 Å². The van der Waals surface area contributed by atoms with Crippen molar-refractivity contribution in [2.75, 3.05) is 0 Å². The minimum absolute atomic E-state index is 0.288. The Morgan fingerprint density at radius 3 is 2.71 bits per heavy atom. The largest absolute Gasteiger partial charge is 0.402 e. The Labute approximate surface area is 122 Å². The van der Waals surface area contributed by atoms with Gasteiger partial charge in [0.15, 0.2) is 5.70 Å². The van der Waals surface area contributed by atoms with E-state index in [9.17, 15) is 4.79 Å². The number of aromatic nitrogens is 1. The van der Waals surface area contributed by atoms with E-state index in [0.717, 1.165) is 16.7 Å². The Kier molecular flexibility index (Phi) is 3.36. The summed E-state index contributed by atoms with van der Waals surface area (Å²) < 4.78 is 5.25. The minimum atomic E-state index is -0.438. The summed E-state index contributed by atoms with van der Waals surface area (Å²) in [6, 6.07) is 9.53. The normalized spacial score (nSPS) is 16.0. The van der Waals surface area contributed by atoms with Gasteiger partial charge in [-0.1, -0.05) is 12.1 Å². The van der Waals surface area contributed by atoms with Crippen LogP contribution in [0.25, 0.3) is 6.08 Å². The van der Waals surface area contributed by atoms with Crippen molar-refractivity contribution in [1.29, 1.82) is 0 Å². The molecule has 2 aromatic rings. The third-order valence-corrected chi connectivity index (χ3v) is 3.36. The van der Waals surface area contributed by atoms with E-state index in [2.05, 4.69) is 9.98 Å². The van der Waals surface area contributed by atoms with Crippen molar-refractivity contribution in [3.05, 3.63) is 70.7 Å². The zero-order valence-electron chi connectivity index (χ0n) is 11.8. The summed E-state index contributed by atoms with van der Waals surface area (Å²) in [5.74, 6) is -0.0923. The molecule has 0 bridgehead atoms. The van der Waals surface area contributed by atoms with E-state index in [-0.39, 0.29) is 5.70 Å². The van der Waals surface area contributed by atoms with E-state index in [1.807, 2.05) is 38.1 Å². The predicted molar refractivity (Wildman–Crippen MR) is 80.8 cm³/mol. The summed E-state index contributed by atoms with van der Waals surface area (Å²) >= 11 is 0. The summed E-state index contributed by atoms with van der Waals surface area (Å²) in [6.07, 6.45) is 5.02. The van der Waals surface area contributed by atoms with Gasteiger partial charge in [0.05, 0.1) is 0 Å². The van der Waals surface area contributed by atoms with Crippen LogP contribution in [-0.2, 0) is 9.53 Å². The number of hydrogen-bond acceptors (Lipinski definition) is 4. The van der Waals surface area contributed by atoms with Gasteiger partial charge in [-0.05, 0) is 54.8 Å². The molecule has 21 heavy (non-hydrogen) atoms. The van der Waals surface area contributed by atoms with Gasteiger partial charge in [-0.2, -0.15) is 0 Å². The molecule has 3 rings (SSSR count). The van der Waals surface area contributed by atoms with Crippen LogP contribution in [0.1, 0.15) is 22.3 Å². The maximum absolute atomic E-state index is 11.9. The molecule has 0 unspecified atom stereocenters. The van der Waals surface area contributed by atoms with Crippen LogP contribution >= 0.6 is 0 Å². The molecule has 4 heteroatoms. The molecule has 0 radical (unpaired) electrons. The number of pyridine rings is 1. The Morgan fingerprint density at radius 1 is 1.14 bits per heavy atom. The minimum Gasteiger partial charge on any atom is -0.402 e. The molecular weight excluding hydrogens is 264 g/mol. The van der Waals surface area contributed by atoms with Crippen LogP contribution in [-0.4, -0.2) is 16.9 Å². The van der Waals surface area contributed by atoms with Gasteiger partial charge >= 0.3 is 5.97 Å². The molecule has 0 amide bonds. The first-order valence-corrected chi connectivity index (χ1v) is 6.64. The van der Waals surface area contributed by atoms with Crippen LogP contribution in [0.4, 0.5) is 0 Å². The van der Waals surface area contributed by atoms with Crippen LogP contribution in [0.5, 0.6) is 0 Å². The van der Waals surface area contributed by atoms with Crippen molar-refractivity contribution >= 4 is 17.9 Å². The highest BCUT2D eigenvalue weighted by Crippen LogP contribution is 2.20. The molecule has 1 aromatic heterocycles. The summed E-state index contributed by atoms with van der Waals surface area (Å²) in [5.41, 5.74) is 4.23. The number of nitrogens with zero attached hydrogens (tertiary/aromatic N) is 2. The molecule has 1 aromatic carbocycles. The Bertz CT molecular complexity index is 762. The Balaban J connectivity index is 1.95. The number of aliphatic imine (C=N–C) groups is 1. The standard InChI is InChI=1S/C17H14N2O2/c1-11-5-6-14(8-12(11)2)16-19-15(17(20)21-16)9-13-4-3-7-18-10-13/h3-10H,1-2H3/b15-9-. The molecule has 0 aliphatic carbocycles. The Morgan fingerprint density at radius 2 is 2.00 bits per heavy atom. The van der Waals surface area contributed by atoms with E-state index in [0.29, 0.717) is 5.90 Å². The number of hydrogen-bond donors (Lipinski definition) is 0. The highest BCUT2D eigenvalue weighted by atomic mass is 16.6. The number of carbonyl (C=O) groups excluding carboxylic acids is 1. The van der Waals surface area contributed by atoms with Crippen molar-refractivity contribution < 1.29 is 9.53 Å². The van der Waals surface area contributed by atoms with E-state index < -0.39 is 5.97 Å². The molecule has 0 N–H and O–H groups in total. The van der Waals surface area contributed by atoms with Crippen molar-refractivity contribution in [2.45, 2.75) is 13.8 Å². The van der Waals surface area contributed by atoms with Gasteiger partial charge in [0.25, 0.3) is 0 Å². The molecule has 0 saturated carbocycles. The molecule has 1 aliphatic rings. The highest BCUT2D eigenvalue weighted by Gasteiger charge is 2.24. The second-order valence-electron chi connectivity index (χ2n) is 4.92. The first-order valence-electron chi connectivity index (χ1n) is 6.64. The third-order valence-electron chi connectivity index (χ3n) is 3.36. The smallest absolute Gasteiger partial charge is 0.363 e. The SMILES string of the molecule is Cc1ccc(C2=N/C(=C\c3cccnc3)C(=O)O2)cc1C. The van der Waals surface area contributed by atoms with Gasteiger partial charge < -0.3 is 4.74 Å². The number of cyclic esters (lactones) is 1. The number of benzene rings is 1. The lowest BCUT2D eigenvalue weighted by atomic mass is 10.1. The van der Waals surface area contributed by atoms with Crippen LogP contribution in [0.2, 0.25) is 0 Å². The van der Waals surface area contributed by atoms with E-state index in [4.69, 9.17) is 4.74 Å². The van der Waals surface area contributed by atoms with Crippen LogP contribution < -0.4 is 0 Å². The lowest BCUT2D eigenvalue weighted by molar-refractivity contribution is -0.129. The first-order chi connectivity index (χ1) is 10.1. The first kappa shape index (κ1) is 13.2. The lowest BCUT2D eigenvalue weighted by Crippen LogP contribution is -2.05. The molecule has 0 atom stereocenters. The van der Waals surface area contributed by atoms with Gasteiger partial charge in [-0.15, -0.1) is 0 Å². The number of rotatable bonds is 2. The molecule has 0 saturated heterocycles. The maximum Gasteiger partial charge on any atom is 0.363 e. The average molecular weight is 278 g/mol. The second kappa shape index (κ2) is 5.32. The van der Waals surface area contributed by atoms with Gasteiger partial charge in [0.1, 0.15) is 0 Å². The zero-order chi connectivity index (χ0) is 14.8. The van der Waals surface area contributed by atoms with Crippen LogP contribution in [0.3, 0.4) is 0 Å². The molecular formula is C17H14N2O2. The predicted octanol–water partition coefficient (Wildman–Crippen LogP) is 3.04. The van der Waals surface area contributed by atoms with Crippen LogP contribution in [0.15, 0.2) is 53.4 Å². The van der Waals surface area contributed by atoms with Gasteiger partial charge in [-0.3, -0.25) is 4.98 Å². The molecule has 2 heterocycles. The van der Waals surface area contributed by atoms with E-state index in [1.54, 1.807) is 24.5 Å². The molecule has 0 spiro atoms. The third kappa shape index (κ3) is 2.74. The van der Waals surface area contributed by atoms with E-state index >= 15 is 0 Å². The summed E-state index contributed by atoms with van der Waals surface area (Å²) in [5, 5.41) is 0. The fourth-order valence-corrected chi connectivity index (χ4v) is 2.03. The summed E-state index contributed by atoms with van der Waals surface area (Å²) in [7, 11) is 0. The number of ether oxygens (including phenoxy) is 1. The molecule has 0 fully saturated rings. The molecule has 1 aliphatic heterocycles. The fraction of sp³-hybridized carbons (Fsp3) is 0.118. The molecule has 104 valence electrons. The highest BCUT2D eigenvalue weighted by molar-refractivity contribution is 6.12. The average Bonchev–Trinajstić information content (AvgIpc) is 2.84. The summed E-state index contributed by atoms with van der Waals surface area (Å²) in [6.45, 7) is 4.05. The quantitative estimate of drug-likeness (QED) is 0.626. The van der Waals surface area contributed by atoms with Gasteiger partial charge in [0.2, 0.25) is 5.90 Å².